The summed E-state index contributed by atoms with van der Waals surface area (Å²) < 4.78 is 0. The van der Waals surface area contributed by atoms with Crippen LogP contribution >= 0.6 is 11.8 Å². The normalized spacial score (nSPS) is 17.7. The van der Waals surface area contributed by atoms with Gasteiger partial charge in [0.15, 0.2) is 5.37 Å². The number of thioether (sulfide) groups is 1. The summed E-state index contributed by atoms with van der Waals surface area (Å²) in [5.74, 6) is 0.225. The van der Waals surface area contributed by atoms with Crippen LogP contribution in [-0.2, 0) is 4.79 Å². The minimum atomic E-state index is -0.595. The van der Waals surface area contributed by atoms with Crippen molar-refractivity contribution >= 4 is 34.3 Å². The standard InChI is InChI=1S/C19H20N2O2S/c1-12(2)14-7-9-15(10-8-14)20-17-18(22)21(19(23)24-17)16-6-4-5-13(3)11-16/h4-12,17,20H,1-3H3/t17-/m0/s1. The number of carbonyl (C=O) groups is 2. The number of amides is 2. The number of hydrogen-bond donors (Lipinski definition) is 1. The molecule has 2 amide bonds. The van der Waals surface area contributed by atoms with Crippen LogP contribution < -0.4 is 10.2 Å². The summed E-state index contributed by atoms with van der Waals surface area (Å²) in [5.41, 5.74) is 3.71. The molecule has 0 bridgehead atoms. The Morgan fingerprint density at radius 2 is 1.79 bits per heavy atom. The zero-order chi connectivity index (χ0) is 17.3. The molecular weight excluding hydrogens is 320 g/mol. The quantitative estimate of drug-likeness (QED) is 0.872. The molecule has 4 nitrogen and oxygen atoms in total. The van der Waals surface area contributed by atoms with E-state index in [1.807, 2.05) is 49.4 Å². The Balaban J connectivity index is 1.76. The lowest BCUT2D eigenvalue weighted by molar-refractivity contribution is -0.116. The van der Waals surface area contributed by atoms with E-state index in [0.29, 0.717) is 11.6 Å². The molecule has 1 fully saturated rings. The smallest absolute Gasteiger partial charge is 0.295 e. The Kier molecular flexibility index (Phi) is 4.62. The molecule has 1 aliphatic heterocycles. The second-order valence-corrected chi connectivity index (χ2v) is 7.25. The first-order valence-electron chi connectivity index (χ1n) is 7.93. The SMILES string of the molecule is Cc1cccc(N2C(=O)S[C@H](Nc3ccc(C(C)C)cc3)C2=O)c1. The lowest BCUT2D eigenvalue weighted by Gasteiger charge is -2.15. The van der Waals surface area contributed by atoms with Crippen LogP contribution in [0.1, 0.15) is 30.9 Å². The van der Waals surface area contributed by atoms with Crippen molar-refractivity contribution < 1.29 is 9.59 Å². The van der Waals surface area contributed by atoms with Crippen LogP contribution in [0.4, 0.5) is 16.2 Å². The van der Waals surface area contributed by atoms with Gasteiger partial charge in [-0.15, -0.1) is 0 Å². The fourth-order valence-electron chi connectivity index (χ4n) is 2.62. The fourth-order valence-corrected chi connectivity index (χ4v) is 3.52. The number of benzene rings is 2. The van der Waals surface area contributed by atoms with E-state index in [2.05, 4.69) is 19.2 Å². The summed E-state index contributed by atoms with van der Waals surface area (Å²) in [6, 6.07) is 15.4. The predicted octanol–water partition coefficient (Wildman–Crippen LogP) is 4.76. The highest BCUT2D eigenvalue weighted by atomic mass is 32.2. The van der Waals surface area contributed by atoms with Gasteiger partial charge in [-0.05, 0) is 60.0 Å². The minimum absolute atomic E-state index is 0.233. The van der Waals surface area contributed by atoms with Crippen molar-refractivity contribution in [3.8, 4) is 0 Å². The van der Waals surface area contributed by atoms with Crippen LogP contribution in [0.5, 0.6) is 0 Å². The first-order valence-corrected chi connectivity index (χ1v) is 8.81. The molecule has 3 rings (SSSR count). The van der Waals surface area contributed by atoms with Crippen LogP contribution in [0.3, 0.4) is 0 Å². The highest BCUT2D eigenvalue weighted by Crippen LogP contribution is 2.33. The molecule has 0 spiro atoms. The van der Waals surface area contributed by atoms with E-state index in [0.717, 1.165) is 23.0 Å². The van der Waals surface area contributed by atoms with Crippen molar-refractivity contribution in [1.82, 2.24) is 0 Å². The first-order chi connectivity index (χ1) is 11.5. The second kappa shape index (κ2) is 6.69. The second-order valence-electron chi connectivity index (χ2n) is 6.20. The highest BCUT2D eigenvalue weighted by molar-refractivity contribution is 8.16. The molecule has 5 heteroatoms. The third-order valence-corrected chi connectivity index (χ3v) is 4.92. The van der Waals surface area contributed by atoms with Gasteiger partial charge in [0.2, 0.25) is 0 Å². The number of anilines is 2. The van der Waals surface area contributed by atoms with Gasteiger partial charge in [0, 0.05) is 5.69 Å². The van der Waals surface area contributed by atoms with Crippen molar-refractivity contribution in [2.75, 3.05) is 10.2 Å². The maximum Gasteiger partial charge on any atom is 0.295 e. The summed E-state index contributed by atoms with van der Waals surface area (Å²) in [7, 11) is 0. The average Bonchev–Trinajstić information content (AvgIpc) is 2.82. The van der Waals surface area contributed by atoms with Gasteiger partial charge in [-0.25, -0.2) is 4.90 Å². The monoisotopic (exact) mass is 340 g/mol. The van der Waals surface area contributed by atoms with Gasteiger partial charge in [0.05, 0.1) is 5.69 Å². The van der Waals surface area contributed by atoms with Crippen LogP contribution in [-0.4, -0.2) is 16.5 Å². The number of rotatable bonds is 4. The number of nitrogens with one attached hydrogen (secondary N) is 1. The molecule has 1 aliphatic rings. The molecular formula is C19H20N2O2S. The van der Waals surface area contributed by atoms with Crippen LogP contribution in [0.2, 0.25) is 0 Å². The van der Waals surface area contributed by atoms with E-state index < -0.39 is 5.37 Å². The molecule has 124 valence electrons. The van der Waals surface area contributed by atoms with Gasteiger partial charge in [-0.1, -0.05) is 38.1 Å². The van der Waals surface area contributed by atoms with Gasteiger partial charge in [0.25, 0.3) is 11.1 Å². The molecule has 0 saturated carbocycles. The fraction of sp³-hybridized carbons (Fsp3) is 0.263. The lowest BCUT2D eigenvalue weighted by Crippen LogP contribution is -2.34. The predicted molar refractivity (Wildman–Crippen MR) is 99.6 cm³/mol. The number of imide groups is 1. The third kappa shape index (κ3) is 3.31. The molecule has 1 atom stereocenters. The summed E-state index contributed by atoms with van der Waals surface area (Å²) >= 11 is 1.01. The van der Waals surface area contributed by atoms with Crippen LogP contribution in [0.15, 0.2) is 48.5 Å². The van der Waals surface area contributed by atoms with Gasteiger partial charge in [-0.2, -0.15) is 0 Å². The van der Waals surface area contributed by atoms with Crippen molar-refractivity contribution in [2.24, 2.45) is 0 Å². The molecule has 24 heavy (non-hydrogen) atoms. The lowest BCUT2D eigenvalue weighted by atomic mass is 10.0. The largest absolute Gasteiger partial charge is 0.365 e. The van der Waals surface area contributed by atoms with Crippen molar-refractivity contribution in [1.29, 1.82) is 0 Å². The van der Waals surface area contributed by atoms with Crippen molar-refractivity contribution in [2.45, 2.75) is 32.1 Å². The number of nitrogens with zero attached hydrogens (tertiary/aromatic N) is 1. The molecule has 1 heterocycles. The summed E-state index contributed by atoms with van der Waals surface area (Å²) in [6.45, 7) is 6.21. The Morgan fingerprint density at radius 3 is 2.42 bits per heavy atom. The summed E-state index contributed by atoms with van der Waals surface area (Å²) in [5, 5.41) is 2.31. The maximum atomic E-state index is 12.6. The zero-order valence-electron chi connectivity index (χ0n) is 13.9. The van der Waals surface area contributed by atoms with E-state index in [4.69, 9.17) is 0 Å². The van der Waals surface area contributed by atoms with E-state index >= 15 is 0 Å². The van der Waals surface area contributed by atoms with E-state index in [-0.39, 0.29) is 11.1 Å². The zero-order valence-corrected chi connectivity index (χ0v) is 14.8. The van der Waals surface area contributed by atoms with Gasteiger partial charge < -0.3 is 5.32 Å². The van der Waals surface area contributed by atoms with E-state index in [1.54, 1.807) is 6.07 Å². The molecule has 0 radical (unpaired) electrons. The molecule has 0 aliphatic carbocycles. The van der Waals surface area contributed by atoms with Crippen molar-refractivity contribution in [3.63, 3.8) is 0 Å². The summed E-state index contributed by atoms with van der Waals surface area (Å²) in [6.07, 6.45) is 0. The Morgan fingerprint density at radius 1 is 1.08 bits per heavy atom. The number of carbonyl (C=O) groups excluding carboxylic acids is 2. The molecule has 2 aromatic rings. The van der Waals surface area contributed by atoms with Crippen LogP contribution in [0.25, 0.3) is 0 Å². The molecule has 0 unspecified atom stereocenters. The van der Waals surface area contributed by atoms with Gasteiger partial charge in [0.1, 0.15) is 0 Å². The Hall–Kier alpha value is -2.27. The van der Waals surface area contributed by atoms with E-state index in [9.17, 15) is 9.59 Å². The molecule has 1 saturated heterocycles. The number of hydrogen-bond acceptors (Lipinski definition) is 4. The van der Waals surface area contributed by atoms with Crippen molar-refractivity contribution in [3.05, 3.63) is 59.7 Å². The van der Waals surface area contributed by atoms with Crippen LogP contribution in [0, 0.1) is 6.92 Å². The topological polar surface area (TPSA) is 49.4 Å². The molecule has 1 N–H and O–H groups in total. The molecule has 0 aromatic heterocycles. The minimum Gasteiger partial charge on any atom is -0.365 e. The Labute approximate surface area is 146 Å². The highest BCUT2D eigenvalue weighted by Gasteiger charge is 2.40. The Bertz CT molecular complexity index is 771. The number of aryl methyl sites for hydroxylation is 1. The first kappa shape index (κ1) is 16.6. The molecule has 2 aromatic carbocycles. The van der Waals surface area contributed by atoms with E-state index in [1.165, 1.54) is 10.5 Å². The maximum absolute atomic E-state index is 12.6. The average molecular weight is 340 g/mol. The summed E-state index contributed by atoms with van der Waals surface area (Å²) in [4.78, 5) is 26.1. The van der Waals surface area contributed by atoms with Gasteiger partial charge in [-0.3, -0.25) is 9.59 Å². The van der Waals surface area contributed by atoms with Gasteiger partial charge >= 0.3 is 0 Å². The third-order valence-electron chi connectivity index (χ3n) is 3.98.